The summed E-state index contributed by atoms with van der Waals surface area (Å²) in [5.41, 5.74) is 2.17. The molecule has 1 saturated heterocycles. The van der Waals surface area contributed by atoms with Crippen molar-refractivity contribution in [2.45, 2.75) is 38.6 Å². The van der Waals surface area contributed by atoms with Gasteiger partial charge in [-0.2, -0.15) is 0 Å². The van der Waals surface area contributed by atoms with Crippen molar-refractivity contribution in [1.29, 1.82) is 0 Å². The summed E-state index contributed by atoms with van der Waals surface area (Å²) in [6, 6.07) is 5.06. The van der Waals surface area contributed by atoms with Crippen molar-refractivity contribution >= 4 is 11.4 Å². The third-order valence-electron chi connectivity index (χ3n) is 3.91. The van der Waals surface area contributed by atoms with Gasteiger partial charge in [-0.15, -0.1) is 0 Å². The van der Waals surface area contributed by atoms with E-state index in [1.807, 2.05) is 7.05 Å². The van der Waals surface area contributed by atoms with Gasteiger partial charge in [-0.25, -0.2) is 0 Å². The first-order chi connectivity index (χ1) is 9.70. The van der Waals surface area contributed by atoms with Crippen LogP contribution in [0.4, 0.5) is 11.4 Å². The first-order valence-corrected chi connectivity index (χ1v) is 7.38. The maximum Gasteiger partial charge on any atom is 0.269 e. The number of anilines is 1. The molecule has 1 aliphatic heterocycles. The average molecular weight is 277 g/mol. The maximum atomic E-state index is 10.9. The highest BCUT2D eigenvalue weighted by Gasteiger charge is 2.14. The van der Waals surface area contributed by atoms with Crippen LogP contribution >= 0.6 is 0 Å². The van der Waals surface area contributed by atoms with Gasteiger partial charge in [0.15, 0.2) is 0 Å². The highest BCUT2D eigenvalue weighted by molar-refractivity contribution is 5.55. The van der Waals surface area contributed by atoms with Crippen molar-refractivity contribution < 1.29 is 4.92 Å². The molecule has 0 saturated carbocycles. The lowest BCUT2D eigenvalue weighted by Gasteiger charge is -2.25. The quantitative estimate of drug-likeness (QED) is 0.677. The van der Waals surface area contributed by atoms with Gasteiger partial charge in [-0.1, -0.05) is 19.3 Å². The van der Waals surface area contributed by atoms with Crippen LogP contribution in [-0.4, -0.2) is 30.0 Å². The molecule has 1 aliphatic rings. The molecule has 0 atom stereocenters. The van der Waals surface area contributed by atoms with E-state index >= 15 is 0 Å². The number of nitrogens with zero attached hydrogens (tertiary/aromatic N) is 2. The van der Waals surface area contributed by atoms with E-state index in [-0.39, 0.29) is 10.6 Å². The number of benzene rings is 1. The van der Waals surface area contributed by atoms with Gasteiger partial charge in [-0.3, -0.25) is 15.0 Å². The van der Waals surface area contributed by atoms with E-state index in [4.69, 9.17) is 0 Å². The Balaban J connectivity index is 2.12. The fourth-order valence-corrected chi connectivity index (χ4v) is 2.78. The fourth-order valence-electron chi connectivity index (χ4n) is 2.78. The minimum atomic E-state index is -0.323. The van der Waals surface area contributed by atoms with E-state index in [1.54, 1.807) is 18.2 Å². The molecule has 20 heavy (non-hydrogen) atoms. The second-order valence-electron chi connectivity index (χ2n) is 5.39. The molecule has 0 amide bonds. The van der Waals surface area contributed by atoms with Crippen LogP contribution in [0.25, 0.3) is 0 Å². The van der Waals surface area contributed by atoms with Crippen molar-refractivity contribution in [3.05, 3.63) is 33.9 Å². The summed E-state index contributed by atoms with van der Waals surface area (Å²) in [5.74, 6) is 0. The molecule has 1 N–H and O–H groups in total. The summed E-state index contributed by atoms with van der Waals surface area (Å²) in [6.45, 7) is 2.97. The minimum Gasteiger partial charge on any atom is -0.388 e. The molecule has 0 radical (unpaired) electrons. The van der Waals surface area contributed by atoms with Gasteiger partial charge in [0.25, 0.3) is 5.69 Å². The van der Waals surface area contributed by atoms with Gasteiger partial charge in [0.05, 0.1) is 4.92 Å². The number of nitrogens with one attached hydrogen (secondary N) is 1. The molecule has 1 fully saturated rings. The number of nitro groups is 1. The van der Waals surface area contributed by atoms with Gasteiger partial charge in [0, 0.05) is 31.4 Å². The van der Waals surface area contributed by atoms with E-state index in [0.29, 0.717) is 0 Å². The predicted octanol–water partition coefficient (Wildman–Crippen LogP) is 3.40. The molecule has 5 heteroatoms. The van der Waals surface area contributed by atoms with Crippen LogP contribution in [0, 0.1) is 10.1 Å². The van der Waals surface area contributed by atoms with Gasteiger partial charge in [0.2, 0.25) is 0 Å². The Morgan fingerprint density at radius 1 is 1.20 bits per heavy atom. The SMILES string of the molecule is CNc1ccc([N+](=O)[O-])cc1CN1CCCCCCC1. The number of rotatable bonds is 4. The van der Waals surface area contributed by atoms with Crippen molar-refractivity contribution in [1.82, 2.24) is 4.90 Å². The molecule has 0 aromatic heterocycles. The summed E-state index contributed by atoms with van der Waals surface area (Å²) >= 11 is 0. The fraction of sp³-hybridized carbons (Fsp3) is 0.600. The molecule has 5 nitrogen and oxygen atoms in total. The normalized spacial score (nSPS) is 17.2. The third kappa shape index (κ3) is 3.93. The number of non-ortho nitro benzene ring substituents is 1. The van der Waals surface area contributed by atoms with Crippen molar-refractivity contribution in [2.75, 3.05) is 25.5 Å². The Morgan fingerprint density at radius 2 is 1.85 bits per heavy atom. The van der Waals surface area contributed by atoms with E-state index in [9.17, 15) is 10.1 Å². The first kappa shape index (κ1) is 14.8. The van der Waals surface area contributed by atoms with Crippen molar-refractivity contribution in [3.8, 4) is 0 Å². The Hall–Kier alpha value is -1.62. The zero-order valence-electron chi connectivity index (χ0n) is 12.1. The summed E-state index contributed by atoms with van der Waals surface area (Å²) in [4.78, 5) is 13.0. The number of nitro benzene ring substituents is 1. The van der Waals surface area contributed by atoms with Crippen LogP contribution in [0.3, 0.4) is 0 Å². The Kier molecular flexibility index (Phi) is 5.35. The third-order valence-corrected chi connectivity index (χ3v) is 3.91. The van der Waals surface area contributed by atoms with Crippen LogP contribution in [0.5, 0.6) is 0 Å². The molecule has 2 rings (SSSR count). The van der Waals surface area contributed by atoms with Crippen LogP contribution in [0.1, 0.15) is 37.7 Å². The van der Waals surface area contributed by atoms with Gasteiger partial charge < -0.3 is 5.32 Å². The standard InChI is InChI=1S/C15H23N3O2/c1-16-15-8-7-14(18(19)20)11-13(15)12-17-9-5-3-2-4-6-10-17/h7-8,11,16H,2-6,9-10,12H2,1H3. The number of likely N-dealkylation sites (tertiary alicyclic amines) is 1. The Morgan fingerprint density at radius 3 is 2.45 bits per heavy atom. The molecule has 1 aromatic rings. The van der Waals surface area contributed by atoms with E-state index in [0.717, 1.165) is 30.9 Å². The van der Waals surface area contributed by atoms with E-state index in [2.05, 4.69) is 10.2 Å². The summed E-state index contributed by atoms with van der Waals surface area (Å²) < 4.78 is 0. The largest absolute Gasteiger partial charge is 0.388 e. The first-order valence-electron chi connectivity index (χ1n) is 7.38. The smallest absolute Gasteiger partial charge is 0.269 e. The lowest BCUT2D eigenvalue weighted by molar-refractivity contribution is -0.384. The minimum absolute atomic E-state index is 0.172. The molecule has 0 spiro atoms. The topological polar surface area (TPSA) is 58.4 Å². The molecule has 110 valence electrons. The van der Waals surface area contributed by atoms with E-state index in [1.165, 1.54) is 32.1 Å². The number of hydrogen-bond donors (Lipinski definition) is 1. The molecular weight excluding hydrogens is 254 g/mol. The summed E-state index contributed by atoms with van der Waals surface area (Å²) in [6.07, 6.45) is 6.38. The van der Waals surface area contributed by atoms with Gasteiger partial charge >= 0.3 is 0 Å². The molecule has 0 bridgehead atoms. The second-order valence-corrected chi connectivity index (χ2v) is 5.39. The molecule has 1 heterocycles. The van der Waals surface area contributed by atoms with Crippen LogP contribution in [0.15, 0.2) is 18.2 Å². The predicted molar refractivity (Wildman–Crippen MR) is 81.0 cm³/mol. The Labute approximate surface area is 120 Å². The highest BCUT2D eigenvalue weighted by Crippen LogP contribution is 2.24. The lowest BCUT2D eigenvalue weighted by Crippen LogP contribution is -2.27. The van der Waals surface area contributed by atoms with Gasteiger partial charge in [-0.05, 0) is 37.6 Å². The Bertz CT molecular complexity index is 454. The van der Waals surface area contributed by atoms with Crippen LogP contribution in [0.2, 0.25) is 0 Å². The molecule has 0 aliphatic carbocycles. The monoisotopic (exact) mass is 277 g/mol. The number of hydrogen-bond acceptors (Lipinski definition) is 4. The molecular formula is C15H23N3O2. The second kappa shape index (κ2) is 7.24. The highest BCUT2D eigenvalue weighted by atomic mass is 16.6. The molecule has 0 unspecified atom stereocenters. The van der Waals surface area contributed by atoms with Crippen molar-refractivity contribution in [3.63, 3.8) is 0 Å². The lowest BCUT2D eigenvalue weighted by atomic mass is 10.1. The summed E-state index contributed by atoms with van der Waals surface area (Å²) in [7, 11) is 1.86. The van der Waals surface area contributed by atoms with Crippen molar-refractivity contribution in [2.24, 2.45) is 0 Å². The zero-order valence-corrected chi connectivity index (χ0v) is 12.1. The van der Waals surface area contributed by atoms with Crippen LogP contribution in [-0.2, 0) is 6.54 Å². The zero-order chi connectivity index (χ0) is 14.4. The van der Waals surface area contributed by atoms with Crippen LogP contribution < -0.4 is 5.32 Å². The van der Waals surface area contributed by atoms with E-state index < -0.39 is 0 Å². The molecule has 1 aromatic carbocycles. The average Bonchev–Trinajstić information content (AvgIpc) is 2.41. The maximum absolute atomic E-state index is 10.9. The summed E-state index contributed by atoms with van der Waals surface area (Å²) in [5, 5.41) is 14.0. The van der Waals surface area contributed by atoms with Gasteiger partial charge in [0.1, 0.15) is 0 Å².